The second-order valence-electron chi connectivity index (χ2n) is 3.57. The van der Waals surface area contributed by atoms with Gasteiger partial charge < -0.3 is 15.2 Å². The van der Waals surface area contributed by atoms with E-state index in [9.17, 15) is 9.59 Å². The summed E-state index contributed by atoms with van der Waals surface area (Å²) in [7, 11) is 0. The Morgan fingerprint density at radius 1 is 1.56 bits per heavy atom. The van der Waals surface area contributed by atoms with Crippen LogP contribution >= 0.6 is 0 Å². The molecule has 0 radical (unpaired) electrons. The molecule has 1 atom stereocenters. The van der Waals surface area contributed by atoms with E-state index in [0.717, 1.165) is 12.0 Å². The lowest BCUT2D eigenvalue weighted by Gasteiger charge is -2.05. The molecule has 2 rings (SSSR count). The first-order valence-corrected chi connectivity index (χ1v) is 4.97. The van der Waals surface area contributed by atoms with Crippen molar-refractivity contribution in [2.24, 2.45) is 0 Å². The van der Waals surface area contributed by atoms with Gasteiger partial charge in [0.1, 0.15) is 5.75 Å². The van der Waals surface area contributed by atoms with Crippen molar-refractivity contribution in [2.45, 2.75) is 19.3 Å². The predicted molar refractivity (Wildman–Crippen MR) is 56.8 cm³/mol. The van der Waals surface area contributed by atoms with Gasteiger partial charge in [0.15, 0.2) is 0 Å². The molecule has 0 spiro atoms. The minimum atomic E-state index is -1.36. The van der Waals surface area contributed by atoms with E-state index in [0.29, 0.717) is 5.69 Å². The first kappa shape index (κ1) is 10.5. The highest BCUT2D eigenvalue weighted by Gasteiger charge is 2.29. The van der Waals surface area contributed by atoms with E-state index in [1.54, 1.807) is 12.1 Å². The summed E-state index contributed by atoms with van der Waals surface area (Å²) in [6.45, 7) is 1.93. The Morgan fingerprint density at radius 3 is 2.94 bits per heavy atom. The molecule has 1 unspecified atom stereocenters. The van der Waals surface area contributed by atoms with E-state index < -0.39 is 6.16 Å². The molecule has 1 aliphatic rings. The number of carbonyl (C=O) groups is 2. The summed E-state index contributed by atoms with van der Waals surface area (Å²) in [5.41, 5.74) is 1.53. The largest absolute Gasteiger partial charge is 0.511 e. The van der Waals surface area contributed by atoms with Crippen LogP contribution < -0.4 is 10.1 Å². The molecule has 0 saturated carbocycles. The van der Waals surface area contributed by atoms with Crippen molar-refractivity contribution >= 4 is 17.7 Å². The van der Waals surface area contributed by atoms with E-state index >= 15 is 0 Å². The lowest BCUT2D eigenvalue weighted by atomic mass is 9.98. The van der Waals surface area contributed by atoms with Gasteiger partial charge in [0.25, 0.3) is 0 Å². The number of carboxylic acid groups (broad SMARTS) is 1. The van der Waals surface area contributed by atoms with Gasteiger partial charge in [-0.05, 0) is 18.1 Å². The molecule has 16 heavy (non-hydrogen) atoms. The van der Waals surface area contributed by atoms with Gasteiger partial charge in [-0.15, -0.1) is 0 Å². The minimum Gasteiger partial charge on any atom is -0.449 e. The molecule has 2 N–H and O–H groups in total. The Bertz CT molecular complexity index is 455. The molecule has 0 fully saturated rings. The van der Waals surface area contributed by atoms with E-state index in [1.165, 1.54) is 6.07 Å². The first-order valence-electron chi connectivity index (χ1n) is 4.97. The average molecular weight is 221 g/mol. The standard InChI is InChI=1S/C11H11NO4/c1-2-7-8-4-3-6(16-11(14)15)5-9(8)12-10(7)13/h3-5,7H,2H2,1H3,(H,12,13)(H,14,15). The van der Waals surface area contributed by atoms with Crippen molar-refractivity contribution in [1.29, 1.82) is 0 Å². The van der Waals surface area contributed by atoms with Crippen LogP contribution in [0.5, 0.6) is 5.75 Å². The number of anilines is 1. The fraction of sp³-hybridized carbons (Fsp3) is 0.273. The maximum Gasteiger partial charge on any atom is 0.511 e. The van der Waals surface area contributed by atoms with Crippen molar-refractivity contribution in [3.8, 4) is 5.75 Å². The number of hydrogen-bond acceptors (Lipinski definition) is 3. The number of hydrogen-bond donors (Lipinski definition) is 2. The van der Waals surface area contributed by atoms with E-state index in [1.807, 2.05) is 6.92 Å². The minimum absolute atomic E-state index is 0.0509. The molecule has 1 aromatic carbocycles. The number of carbonyl (C=O) groups excluding carboxylic acids is 1. The second kappa shape index (κ2) is 3.84. The molecular weight excluding hydrogens is 210 g/mol. The van der Waals surface area contributed by atoms with Crippen molar-refractivity contribution in [3.63, 3.8) is 0 Å². The van der Waals surface area contributed by atoms with Crippen LogP contribution in [0.2, 0.25) is 0 Å². The van der Waals surface area contributed by atoms with Crippen molar-refractivity contribution in [1.82, 2.24) is 0 Å². The summed E-state index contributed by atoms with van der Waals surface area (Å²) in [6, 6.07) is 4.80. The Morgan fingerprint density at radius 2 is 2.31 bits per heavy atom. The Balaban J connectivity index is 2.32. The highest BCUT2D eigenvalue weighted by molar-refractivity contribution is 6.03. The molecule has 0 aliphatic carbocycles. The van der Waals surface area contributed by atoms with Gasteiger partial charge in [0, 0.05) is 11.8 Å². The van der Waals surface area contributed by atoms with E-state index in [-0.39, 0.29) is 17.6 Å². The summed E-state index contributed by atoms with van der Waals surface area (Å²) in [4.78, 5) is 21.9. The molecular formula is C11H11NO4. The fourth-order valence-corrected chi connectivity index (χ4v) is 1.88. The van der Waals surface area contributed by atoms with Gasteiger partial charge in [0.2, 0.25) is 5.91 Å². The molecule has 0 aromatic heterocycles. The summed E-state index contributed by atoms with van der Waals surface area (Å²) in [5.74, 6) is 0.0159. The van der Waals surface area contributed by atoms with Crippen LogP contribution in [-0.2, 0) is 4.79 Å². The number of fused-ring (bicyclic) bond motifs is 1. The highest BCUT2D eigenvalue weighted by Crippen LogP contribution is 2.36. The molecule has 1 amide bonds. The van der Waals surface area contributed by atoms with Crippen LogP contribution in [0.15, 0.2) is 18.2 Å². The molecule has 5 nitrogen and oxygen atoms in total. The third kappa shape index (κ3) is 1.71. The lowest BCUT2D eigenvalue weighted by molar-refractivity contribution is -0.117. The summed E-state index contributed by atoms with van der Waals surface area (Å²) >= 11 is 0. The van der Waals surface area contributed by atoms with Crippen LogP contribution in [0.25, 0.3) is 0 Å². The third-order valence-corrected chi connectivity index (χ3v) is 2.59. The molecule has 5 heteroatoms. The summed E-state index contributed by atoms with van der Waals surface area (Å²) in [6.07, 6.45) is -0.644. The molecule has 1 aliphatic heterocycles. The zero-order valence-corrected chi connectivity index (χ0v) is 8.69. The Labute approximate surface area is 92.0 Å². The zero-order valence-electron chi connectivity index (χ0n) is 8.69. The SMILES string of the molecule is CCC1C(=O)Nc2cc(OC(=O)O)ccc21. The van der Waals surface area contributed by atoms with Gasteiger partial charge in [-0.3, -0.25) is 4.79 Å². The number of ether oxygens (including phenoxy) is 1. The van der Waals surface area contributed by atoms with Gasteiger partial charge in [-0.25, -0.2) is 4.79 Å². The Kier molecular flexibility index (Phi) is 2.52. The topological polar surface area (TPSA) is 75.6 Å². The smallest absolute Gasteiger partial charge is 0.449 e. The monoisotopic (exact) mass is 221 g/mol. The molecule has 0 saturated heterocycles. The average Bonchev–Trinajstić information content (AvgIpc) is 2.51. The first-order chi connectivity index (χ1) is 7.61. The molecule has 0 bridgehead atoms. The quantitative estimate of drug-likeness (QED) is 0.592. The van der Waals surface area contributed by atoms with Gasteiger partial charge >= 0.3 is 6.16 Å². The number of nitrogens with one attached hydrogen (secondary N) is 1. The maximum absolute atomic E-state index is 11.5. The normalized spacial score (nSPS) is 17.8. The van der Waals surface area contributed by atoms with E-state index in [2.05, 4.69) is 10.1 Å². The van der Waals surface area contributed by atoms with Crippen LogP contribution in [0.4, 0.5) is 10.5 Å². The third-order valence-electron chi connectivity index (χ3n) is 2.59. The van der Waals surface area contributed by atoms with Gasteiger partial charge in [-0.2, -0.15) is 0 Å². The maximum atomic E-state index is 11.5. The summed E-state index contributed by atoms with van der Waals surface area (Å²) < 4.78 is 4.51. The second-order valence-corrected chi connectivity index (χ2v) is 3.57. The van der Waals surface area contributed by atoms with Crippen LogP contribution in [-0.4, -0.2) is 17.2 Å². The van der Waals surface area contributed by atoms with Crippen LogP contribution in [0.1, 0.15) is 24.8 Å². The molecule has 1 heterocycles. The van der Waals surface area contributed by atoms with Crippen molar-refractivity contribution in [3.05, 3.63) is 23.8 Å². The fourth-order valence-electron chi connectivity index (χ4n) is 1.88. The van der Waals surface area contributed by atoms with Crippen LogP contribution in [0.3, 0.4) is 0 Å². The zero-order chi connectivity index (χ0) is 11.7. The number of amides is 1. The number of rotatable bonds is 2. The summed E-state index contributed by atoms with van der Waals surface area (Å²) in [5, 5.41) is 11.2. The van der Waals surface area contributed by atoms with E-state index in [4.69, 9.17) is 5.11 Å². The predicted octanol–water partition coefficient (Wildman–Crippen LogP) is 2.19. The van der Waals surface area contributed by atoms with Crippen molar-refractivity contribution in [2.75, 3.05) is 5.32 Å². The molecule has 84 valence electrons. The molecule has 1 aromatic rings. The Hall–Kier alpha value is -2.04. The van der Waals surface area contributed by atoms with Crippen LogP contribution in [0, 0.1) is 0 Å². The van der Waals surface area contributed by atoms with Crippen molar-refractivity contribution < 1.29 is 19.4 Å². The van der Waals surface area contributed by atoms with Gasteiger partial charge in [-0.1, -0.05) is 13.0 Å². The number of benzene rings is 1. The highest BCUT2D eigenvalue weighted by atomic mass is 16.7. The lowest BCUT2D eigenvalue weighted by Crippen LogP contribution is -2.10. The van der Waals surface area contributed by atoms with Gasteiger partial charge in [0.05, 0.1) is 5.92 Å².